The number of nitrogen functional groups attached to an aromatic ring is 1. The van der Waals surface area contributed by atoms with E-state index in [1.54, 1.807) is 25.3 Å². The molecule has 2 atom stereocenters. The second-order valence-corrected chi connectivity index (χ2v) is 5.68. The summed E-state index contributed by atoms with van der Waals surface area (Å²) in [5.74, 6) is 1.02. The lowest BCUT2D eigenvalue weighted by Gasteiger charge is -2.22. The van der Waals surface area contributed by atoms with Crippen LogP contribution in [0.2, 0.25) is 0 Å². The van der Waals surface area contributed by atoms with Crippen LogP contribution in [-0.4, -0.2) is 56.0 Å². The van der Waals surface area contributed by atoms with E-state index in [1.165, 1.54) is 0 Å². The van der Waals surface area contributed by atoms with Gasteiger partial charge in [-0.3, -0.25) is 4.79 Å². The minimum atomic E-state index is -0.00894. The van der Waals surface area contributed by atoms with Gasteiger partial charge in [0.25, 0.3) is 5.91 Å². The Bertz CT molecular complexity index is 502. The van der Waals surface area contributed by atoms with E-state index >= 15 is 0 Å². The van der Waals surface area contributed by atoms with Gasteiger partial charge in [-0.2, -0.15) is 0 Å². The van der Waals surface area contributed by atoms with Crippen molar-refractivity contribution in [2.24, 2.45) is 5.92 Å². The molecule has 0 saturated carbocycles. The lowest BCUT2D eigenvalue weighted by molar-refractivity contribution is 0.0778. The Kier molecular flexibility index (Phi) is 4.18. The van der Waals surface area contributed by atoms with Crippen molar-refractivity contribution < 1.29 is 9.53 Å². The predicted molar refractivity (Wildman–Crippen MR) is 79.9 cm³/mol. The molecule has 1 aromatic carbocycles. The number of likely N-dealkylation sites (N-methyl/N-ethyl adjacent to an activating group) is 1. The number of carbonyl (C=O) groups is 1. The Morgan fingerprint density at radius 3 is 2.65 bits per heavy atom. The first-order chi connectivity index (χ1) is 9.43. The Balaban J connectivity index is 2.23. The molecule has 2 unspecified atom stereocenters. The van der Waals surface area contributed by atoms with E-state index in [1.807, 2.05) is 4.90 Å². The zero-order valence-electron chi connectivity index (χ0n) is 12.6. The summed E-state index contributed by atoms with van der Waals surface area (Å²) in [6.07, 6.45) is 0. The highest BCUT2D eigenvalue weighted by Gasteiger charge is 2.34. The van der Waals surface area contributed by atoms with Crippen LogP contribution in [0.25, 0.3) is 0 Å². The summed E-state index contributed by atoms with van der Waals surface area (Å²) >= 11 is 0. The quantitative estimate of drug-likeness (QED) is 0.846. The molecule has 1 fully saturated rings. The van der Waals surface area contributed by atoms with Gasteiger partial charge in [-0.25, -0.2) is 0 Å². The largest absolute Gasteiger partial charge is 0.496 e. The van der Waals surface area contributed by atoms with Gasteiger partial charge in [-0.15, -0.1) is 0 Å². The highest BCUT2D eigenvalue weighted by Crippen LogP contribution is 2.27. The van der Waals surface area contributed by atoms with Gasteiger partial charge in [0.2, 0.25) is 0 Å². The molecule has 1 heterocycles. The molecule has 20 heavy (non-hydrogen) atoms. The number of methoxy groups -OCH3 is 1. The number of nitrogens with zero attached hydrogens (tertiary/aromatic N) is 2. The number of likely N-dealkylation sites (tertiary alicyclic amines) is 1. The fourth-order valence-corrected chi connectivity index (χ4v) is 2.85. The third kappa shape index (κ3) is 2.72. The standard InChI is InChI=1S/C15H23N3O2/c1-10-8-18(9-13(10)17(2)3)15(19)12-7-11(16)5-6-14(12)20-4/h5-7,10,13H,8-9,16H2,1-4H3. The van der Waals surface area contributed by atoms with Crippen LogP contribution >= 0.6 is 0 Å². The van der Waals surface area contributed by atoms with Crippen molar-refractivity contribution in [2.75, 3.05) is 40.0 Å². The smallest absolute Gasteiger partial charge is 0.257 e. The molecule has 1 saturated heterocycles. The van der Waals surface area contributed by atoms with Crippen LogP contribution in [0, 0.1) is 5.92 Å². The monoisotopic (exact) mass is 277 g/mol. The molecule has 2 N–H and O–H groups in total. The maximum absolute atomic E-state index is 12.7. The first-order valence-corrected chi connectivity index (χ1v) is 6.83. The second-order valence-electron chi connectivity index (χ2n) is 5.68. The molecule has 1 aliphatic heterocycles. The van der Waals surface area contributed by atoms with E-state index in [-0.39, 0.29) is 5.91 Å². The lowest BCUT2D eigenvalue weighted by atomic mass is 10.1. The maximum atomic E-state index is 12.7. The van der Waals surface area contributed by atoms with E-state index in [4.69, 9.17) is 10.5 Å². The topological polar surface area (TPSA) is 58.8 Å². The number of hydrogen-bond donors (Lipinski definition) is 1. The Morgan fingerprint density at radius 2 is 2.10 bits per heavy atom. The average Bonchev–Trinajstić information content (AvgIpc) is 2.80. The first kappa shape index (κ1) is 14.7. The molecule has 110 valence electrons. The third-order valence-electron chi connectivity index (χ3n) is 3.98. The third-order valence-corrected chi connectivity index (χ3v) is 3.98. The van der Waals surface area contributed by atoms with Crippen molar-refractivity contribution in [3.05, 3.63) is 23.8 Å². The Morgan fingerprint density at radius 1 is 1.40 bits per heavy atom. The van der Waals surface area contributed by atoms with Gasteiger partial charge in [0.1, 0.15) is 5.75 Å². The van der Waals surface area contributed by atoms with Gasteiger partial charge in [0.15, 0.2) is 0 Å². The zero-order chi connectivity index (χ0) is 14.9. The van der Waals surface area contributed by atoms with Gasteiger partial charge >= 0.3 is 0 Å². The maximum Gasteiger partial charge on any atom is 0.257 e. The summed E-state index contributed by atoms with van der Waals surface area (Å²) in [5.41, 5.74) is 6.90. The number of carbonyl (C=O) groups excluding carboxylic acids is 1. The molecule has 0 aromatic heterocycles. The number of ether oxygens (including phenoxy) is 1. The molecular formula is C15H23N3O2. The normalized spacial score (nSPS) is 22.4. The minimum Gasteiger partial charge on any atom is -0.496 e. The van der Waals surface area contributed by atoms with Crippen molar-refractivity contribution in [2.45, 2.75) is 13.0 Å². The van der Waals surface area contributed by atoms with Gasteiger partial charge in [-0.05, 0) is 38.2 Å². The number of hydrogen-bond acceptors (Lipinski definition) is 4. The van der Waals surface area contributed by atoms with E-state index < -0.39 is 0 Å². The van der Waals surface area contributed by atoms with E-state index in [0.29, 0.717) is 29.0 Å². The fourth-order valence-electron chi connectivity index (χ4n) is 2.85. The van der Waals surface area contributed by atoms with Crippen LogP contribution in [0.4, 0.5) is 5.69 Å². The highest BCUT2D eigenvalue weighted by atomic mass is 16.5. The molecule has 0 radical (unpaired) electrons. The molecular weight excluding hydrogens is 254 g/mol. The van der Waals surface area contributed by atoms with Crippen LogP contribution in [0.3, 0.4) is 0 Å². The van der Waals surface area contributed by atoms with Crippen LogP contribution in [0.15, 0.2) is 18.2 Å². The SMILES string of the molecule is COc1ccc(N)cc1C(=O)N1CC(C)C(N(C)C)C1. The summed E-state index contributed by atoms with van der Waals surface area (Å²) < 4.78 is 5.27. The number of amides is 1. The van der Waals surface area contributed by atoms with Crippen molar-refractivity contribution in [3.8, 4) is 5.75 Å². The Hall–Kier alpha value is -1.75. The van der Waals surface area contributed by atoms with E-state index in [2.05, 4.69) is 25.9 Å². The lowest BCUT2D eigenvalue weighted by Crippen LogP contribution is -2.35. The number of nitrogens with two attached hydrogens (primary N) is 1. The fraction of sp³-hybridized carbons (Fsp3) is 0.533. The van der Waals surface area contributed by atoms with E-state index in [9.17, 15) is 4.79 Å². The molecule has 1 aromatic rings. The zero-order valence-corrected chi connectivity index (χ0v) is 12.6. The molecule has 5 heteroatoms. The van der Waals surface area contributed by atoms with Gasteiger partial charge in [0, 0.05) is 24.8 Å². The van der Waals surface area contributed by atoms with Crippen molar-refractivity contribution in [1.82, 2.24) is 9.80 Å². The molecule has 1 aliphatic rings. The number of rotatable bonds is 3. The highest BCUT2D eigenvalue weighted by molar-refractivity contribution is 5.98. The van der Waals surface area contributed by atoms with Crippen molar-refractivity contribution in [3.63, 3.8) is 0 Å². The van der Waals surface area contributed by atoms with Crippen LogP contribution in [0.1, 0.15) is 17.3 Å². The molecule has 1 amide bonds. The van der Waals surface area contributed by atoms with Gasteiger partial charge in [-0.1, -0.05) is 6.92 Å². The molecule has 2 rings (SSSR count). The Labute approximate surface area is 120 Å². The second kappa shape index (κ2) is 5.71. The summed E-state index contributed by atoms with van der Waals surface area (Å²) in [5, 5.41) is 0. The van der Waals surface area contributed by atoms with Gasteiger partial charge < -0.3 is 20.3 Å². The van der Waals surface area contributed by atoms with Crippen LogP contribution < -0.4 is 10.5 Å². The van der Waals surface area contributed by atoms with Crippen LogP contribution in [-0.2, 0) is 0 Å². The summed E-state index contributed by atoms with van der Waals surface area (Å²) in [6.45, 7) is 3.68. The molecule has 5 nitrogen and oxygen atoms in total. The summed E-state index contributed by atoms with van der Waals surface area (Å²) in [4.78, 5) is 16.7. The minimum absolute atomic E-state index is 0.00894. The molecule has 0 bridgehead atoms. The molecule has 0 aliphatic carbocycles. The first-order valence-electron chi connectivity index (χ1n) is 6.83. The van der Waals surface area contributed by atoms with Gasteiger partial charge in [0.05, 0.1) is 12.7 Å². The predicted octanol–water partition coefficient (Wildman–Crippen LogP) is 1.30. The number of benzene rings is 1. The van der Waals surface area contributed by atoms with E-state index in [0.717, 1.165) is 13.1 Å². The van der Waals surface area contributed by atoms with Crippen molar-refractivity contribution in [1.29, 1.82) is 0 Å². The summed E-state index contributed by atoms with van der Waals surface area (Å²) in [7, 11) is 5.67. The average molecular weight is 277 g/mol. The summed E-state index contributed by atoms with van der Waals surface area (Å²) in [6, 6.07) is 5.57. The van der Waals surface area contributed by atoms with Crippen molar-refractivity contribution >= 4 is 11.6 Å². The van der Waals surface area contributed by atoms with Crippen LogP contribution in [0.5, 0.6) is 5.75 Å². The number of anilines is 1. The molecule has 0 spiro atoms.